The van der Waals surface area contributed by atoms with Crippen molar-refractivity contribution in [3.05, 3.63) is 69.9 Å². The van der Waals surface area contributed by atoms with Crippen molar-refractivity contribution in [2.75, 3.05) is 13.2 Å². The van der Waals surface area contributed by atoms with E-state index in [2.05, 4.69) is 12.1 Å². The van der Waals surface area contributed by atoms with Crippen LogP contribution >= 0.6 is 0 Å². The highest BCUT2D eigenvalue weighted by molar-refractivity contribution is 6.04. The number of carboxylic acid groups (broad SMARTS) is 1. The lowest BCUT2D eigenvalue weighted by atomic mass is 9.91. The first-order valence-corrected chi connectivity index (χ1v) is 14.9. The number of aromatic carboxylic acids is 1. The lowest BCUT2D eigenvalue weighted by molar-refractivity contribution is 0.0683. The van der Waals surface area contributed by atoms with Crippen molar-refractivity contribution in [2.45, 2.75) is 77.9 Å². The summed E-state index contributed by atoms with van der Waals surface area (Å²) >= 11 is 0. The molecule has 0 fully saturated rings. The lowest BCUT2D eigenvalue weighted by Crippen LogP contribution is -2.12. The fraction of sp³-hybridized carbons (Fsp3) is 0.455. The third-order valence-corrected chi connectivity index (χ3v) is 8.64. The Morgan fingerprint density at radius 2 is 1.98 bits per heavy atom. The Hall–Kier alpha value is -3.65. The summed E-state index contributed by atoms with van der Waals surface area (Å²) in [4.78, 5) is 12.8. The molecule has 2 aromatic carbocycles. The number of carbonyl (C=O) groups is 1. The molecule has 1 aliphatic carbocycles. The van der Waals surface area contributed by atoms with Gasteiger partial charge in [0.05, 0.1) is 24.4 Å². The van der Waals surface area contributed by atoms with E-state index >= 15 is 4.39 Å². The number of hydrogen-bond acceptors (Lipinski definition) is 4. The summed E-state index contributed by atoms with van der Waals surface area (Å²) in [5.74, 6) is -0.422. The fourth-order valence-electron chi connectivity index (χ4n) is 6.82. The minimum atomic E-state index is -0.992. The molecule has 0 atom stereocenters. The predicted octanol–water partition coefficient (Wildman–Crippen LogP) is 6.64. The molecule has 2 aliphatic rings. The van der Waals surface area contributed by atoms with Gasteiger partial charge in [0, 0.05) is 42.4 Å². The van der Waals surface area contributed by atoms with E-state index in [0.717, 1.165) is 53.6 Å². The molecule has 2 aromatic heterocycles. The maximum Gasteiger partial charge on any atom is 0.352 e. The SMILES string of the molecule is CCc1c2c(nn1C)COCCCCn1c(C(=O)O)c(CCCOc3cccc4c3CCCC4)c3ccc(F)c-2c31. The molecule has 3 heterocycles. The molecule has 0 spiro atoms. The van der Waals surface area contributed by atoms with Crippen LogP contribution in [-0.4, -0.2) is 38.6 Å². The van der Waals surface area contributed by atoms with Gasteiger partial charge in [0.2, 0.25) is 0 Å². The van der Waals surface area contributed by atoms with Crippen LogP contribution in [0.2, 0.25) is 0 Å². The summed E-state index contributed by atoms with van der Waals surface area (Å²) in [6, 6.07) is 9.51. The Balaban J connectivity index is 1.42. The number of nitrogens with zero attached hydrogens (tertiary/aromatic N) is 3. The Kier molecular flexibility index (Phi) is 7.84. The zero-order valence-corrected chi connectivity index (χ0v) is 24.0. The first-order chi connectivity index (χ1) is 20.0. The van der Waals surface area contributed by atoms with Gasteiger partial charge in [-0.05, 0) is 92.7 Å². The molecule has 41 heavy (non-hydrogen) atoms. The predicted molar refractivity (Wildman–Crippen MR) is 156 cm³/mol. The average Bonchev–Trinajstić information content (AvgIpc) is 3.45. The van der Waals surface area contributed by atoms with E-state index in [4.69, 9.17) is 14.6 Å². The van der Waals surface area contributed by atoms with E-state index in [0.29, 0.717) is 62.4 Å². The van der Waals surface area contributed by atoms with Crippen molar-refractivity contribution in [3.8, 4) is 16.9 Å². The molecule has 4 aromatic rings. The van der Waals surface area contributed by atoms with Gasteiger partial charge in [0.15, 0.2) is 0 Å². The molecule has 8 heteroatoms. The van der Waals surface area contributed by atoms with Crippen LogP contribution in [0.15, 0.2) is 30.3 Å². The highest BCUT2D eigenvalue weighted by atomic mass is 19.1. The Morgan fingerprint density at radius 3 is 2.80 bits per heavy atom. The quantitative estimate of drug-likeness (QED) is 0.257. The van der Waals surface area contributed by atoms with Crippen LogP contribution < -0.4 is 4.74 Å². The normalized spacial score (nSPS) is 15.3. The number of carboxylic acids is 1. The Bertz CT molecular complexity index is 1600. The zero-order chi connectivity index (χ0) is 28.5. The third kappa shape index (κ3) is 5.03. The summed E-state index contributed by atoms with van der Waals surface area (Å²) in [7, 11) is 1.87. The van der Waals surface area contributed by atoms with E-state index in [-0.39, 0.29) is 11.5 Å². The number of aromatic nitrogens is 3. The van der Waals surface area contributed by atoms with Crippen molar-refractivity contribution in [3.63, 3.8) is 0 Å². The number of halogens is 1. The van der Waals surface area contributed by atoms with Crippen LogP contribution in [0.1, 0.15) is 77.6 Å². The van der Waals surface area contributed by atoms with Crippen LogP contribution in [-0.2, 0) is 50.6 Å². The van der Waals surface area contributed by atoms with E-state index in [9.17, 15) is 9.90 Å². The first kappa shape index (κ1) is 27.5. The molecule has 0 bridgehead atoms. The monoisotopic (exact) mass is 559 g/mol. The lowest BCUT2D eigenvalue weighted by Gasteiger charge is -2.19. The molecule has 7 nitrogen and oxygen atoms in total. The first-order valence-electron chi connectivity index (χ1n) is 14.9. The van der Waals surface area contributed by atoms with Crippen LogP contribution in [0.4, 0.5) is 4.39 Å². The topological polar surface area (TPSA) is 78.5 Å². The highest BCUT2D eigenvalue weighted by Crippen LogP contribution is 2.41. The van der Waals surface area contributed by atoms with Gasteiger partial charge >= 0.3 is 5.97 Å². The number of ether oxygens (including phenoxy) is 2. The second-order valence-electron chi connectivity index (χ2n) is 11.2. The van der Waals surface area contributed by atoms with Crippen LogP contribution in [0.5, 0.6) is 5.75 Å². The maximum absolute atomic E-state index is 15.9. The number of fused-ring (bicyclic) bond motifs is 3. The molecule has 0 unspecified atom stereocenters. The average molecular weight is 560 g/mol. The van der Waals surface area contributed by atoms with Crippen molar-refractivity contribution >= 4 is 16.9 Å². The van der Waals surface area contributed by atoms with Gasteiger partial charge in [-0.2, -0.15) is 5.10 Å². The van der Waals surface area contributed by atoms with Crippen molar-refractivity contribution in [1.29, 1.82) is 0 Å². The van der Waals surface area contributed by atoms with Gasteiger partial charge in [0.25, 0.3) is 0 Å². The molecular weight excluding hydrogens is 521 g/mol. The van der Waals surface area contributed by atoms with Gasteiger partial charge in [-0.25, -0.2) is 9.18 Å². The maximum atomic E-state index is 15.9. The molecule has 0 radical (unpaired) electrons. The summed E-state index contributed by atoms with van der Waals surface area (Å²) < 4.78 is 31.7. The van der Waals surface area contributed by atoms with Crippen molar-refractivity contribution in [2.24, 2.45) is 7.05 Å². The van der Waals surface area contributed by atoms with E-state index in [1.807, 2.05) is 24.6 Å². The van der Waals surface area contributed by atoms with Gasteiger partial charge in [-0.15, -0.1) is 0 Å². The van der Waals surface area contributed by atoms with Gasteiger partial charge in [-0.1, -0.05) is 19.1 Å². The van der Waals surface area contributed by atoms with Crippen molar-refractivity contribution in [1.82, 2.24) is 14.3 Å². The zero-order valence-electron chi connectivity index (χ0n) is 24.0. The Morgan fingerprint density at radius 1 is 1.12 bits per heavy atom. The van der Waals surface area contributed by atoms with Crippen LogP contribution in [0.25, 0.3) is 22.0 Å². The third-order valence-electron chi connectivity index (χ3n) is 8.64. The second-order valence-corrected chi connectivity index (χ2v) is 11.2. The number of benzene rings is 2. The molecule has 0 saturated carbocycles. The Labute approximate surface area is 239 Å². The minimum absolute atomic E-state index is 0.243. The molecule has 1 N–H and O–H groups in total. The van der Waals surface area contributed by atoms with Crippen molar-refractivity contribution < 1.29 is 23.8 Å². The molecular formula is C33H38FN3O4. The fourth-order valence-corrected chi connectivity index (χ4v) is 6.82. The highest BCUT2D eigenvalue weighted by Gasteiger charge is 2.29. The molecule has 6 rings (SSSR count). The number of aryl methyl sites for hydroxylation is 4. The molecule has 0 amide bonds. The van der Waals surface area contributed by atoms with E-state index in [1.165, 1.54) is 30.0 Å². The summed E-state index contributed by atoms with van der Waals surface area (Å²) in [6.45, 7) is 3.82. The van der Waals surface area contributed by atoms with Gasteiger partial charge in [-0.3, -0.25) is 4.68 Å². The smallest absolute Gasteiger partial charge is 0.352 e. The van der Waals surface area contributed by atoms with E-state index < -0.39 is 5.97 Å². The minimum Gasteiger partial charge on any atom is -0.493 e. The summed E-state index contributed by atoms with van der Waals surface area (Å²) in [6.07, 6.45) is 7.87. The summed E-state index contributed by atoms with van der Waals surface area (Å²) in [5, 5.41) is 16.0. The van der Waals surface area contributed by atoms with Gasteiger partial charge in [0.1, 0.15) is 17.3 Å². The summed E-state index contributed by atoms with van der Waals surface area (Å²) in [5.41, 5.74) is 7.04. The van der Waals surface area contributed by atoms with Gasteiger partial charge < -0.3 is 19.1 Å². The van der Waals surface area contributed by atoms with E-state index in [1.54, 1.807) is 10.7 Å². The van der Waals surface area contributed by atoms with Crippen LogP contribution in [0, 0.1) is 5.82 Å². The largest absolute Gasteiger partial charge is 0.493 e. The number of hydrogen-bond donors (Lipinski definition) is 1. The molecule has 216 valence electrons. The standard InChI is InChI=1S/C33H38FN3O4/c1-3-27-30-26(35-36(27)2)20-40-18-7-6-17-37-31-24(15-16-25(34)29(30)31)23(32(37)33(38)39)13-9-19-41-28-14-8-11-21-10-4-5-12-22(21)28/h8,11,14-16H,3-7,9-10,12-13,17-20H2,1-2H3,(H,38,39). The molecule has 0 saturated heterocycles. The number of rotatable bonds is 7. The second kappa shape index (κ2) is 11.7. The molecule has 1 aliphatic heterocycles. The van der Waals surface area contributed by atoms with Crippen LogP contribution in [0.3, 0.4) is 0 Å².